The molecule has 0 atom stereocenters. The highest BCUT2D eigenvalue weighted by atomic mass is 32.2. The van der Waals surface area contributed by atoms with Crippen LogP contribution in [0.25, 0.3) is 0 Å². The number of nitrogens with zero attached hydrogens (tertiary/aromatic N) is 2. The van der Waals surface area contributed by atoms with Crippen LogP contribution < -0.4 is 15.5 Å². The first-order chi connectivity index (χ1) is 12.9. The Bertz CT molecular complexity index is 711. The zero-order valence-electron chi connectivity index (χ0n) is 16.6. The normalized spacial score (nSPS) is 15.8. The highest BCUT2D eigenvalue weighted by Gasteiger charge is 2.27. The summed E-state index contributed by atoms with van der Waals surface area (Å²) in [5.74, 6) is -0.0756. The van der Waals surface area contributed by atoms with E-state index in [0.717, 1.165) is 18.5 Å². The Balaban J connectivity index is 1.78. The quantitative estimate of drug-likeness (QED) is 0.704. The van der Waals surface area contributed by atoms with E-state index in [-0.39, 0.29) is 24.4 Å². The van der Waals surface area contributed by atoms with Crippen molar-refractivity contribution in [3.8, 4) is 0 Å². The molecule has 0 spiro atoms. The maximum absolute atomic E-state index is 12.5. The van der Waals surface area contributed by atoms with Crippen LogP contribution in [0.15, 0.2) is 24.3 Å². The van der Waals surface area contributed by atoms with E-state index in [1.54, 1.807) is 0 Å². The van der Waals surface area contributed by atoms with Crippen molar-refractivity contribution in [2.24, 2.45) is 0 Å². The SMILES string of the molecule is CCC(CC)NC(=O)NCCS(=O)(=O)N1CCN(c2cccc(C)c2)CC1. The van der Waals surface area contributed by atoms with E-state index in [1.807, 2.05) is 19.9 Å². The van der Waals surface area contributed by atoms with Gasteiger partial charge in [0.2, 0.25) is 10.0 Å². The van der Waals surface area contributed by atoms with Gasteiger partial charge >= 0.3 is 6.03 Å². The average Bonchev–Trinajstić information content (AvgIpc) is 2.66. The fraction of sp³-hybridized carbons (Fsp3) is 0.632. The maximum atomic E-state index is 12.5. The smallest absolute Gasteiger partial charge is 0.315 e. The molecule has 1 aliphatic heterocycles. The first kappa shape index (κ1) is 21.5. The third-order valence-corrected chi connectivity index (χ3v) is 6.84. The van der Waals surface area contributed by atoms with E-state index in [1.165, 1.54) is 9.87 Å². The lowest BCUT2D eigenvalue weighted by Crippen LogP contribution is -2.50. The molecule has 0 saturated carbocycles. The number of nitrogens with one attached hydrogen (secondary N) is 2. The summed E-state index contributed by atoms with van der Waals surface area (Å²) in [4.78, 5) is 14.0. The van der Waals surface area contributed by atoms with E-state index >= 15 is 0 Å². The van der Waals surface area contributed by atoms with Crippen LogP contribution in [0.1, 0.15) is 32.3 Å². The molecule has 2 N–H and O–H groups in total. The lowest BCUT2D eigenvalue weighted by atomic mass is 10.2. The average molecular weight is 397 g/mol. The van der Waals surface area contributed by atoms with Gasteiger partial charge in [0, 0.05) is 44.5 Å². The second kappa shape index (κ2) is 9.94. The number of piperazine rings is 1. The van der Waals surface area contributed by atoms with Gasteiger partial charge in [-0.2, -0.15) is 4.31 Å². The first-order valence-corrected chi connectivity index (χ1v) is 11.3. The Hall–Kier alpha value is -1.80. The molecule has 1 aromatic carbocycles. The minimum Gasteiger partial charge on any atom is -0.369 e. The van der Waals surface area contributed by atoms with Gasteiger partial charge in [-0.1, -0.05) is 26.0 Å². The van der Waals surface area contributed by atoms with Crippen LogP contribution in [0.5, 0.6) is 0 Å². The number of amides is 2. The van der Waals surface area contributed by atoms with Crippen LogP contribution in [0.2, 0.25) is 0 Å². The van der Waals surface area contributed by atoms with Gasteiger partial charge in [-0.25, -0.2) is 13.2 Å². The maximum Gasteiger partial charge on any atom is 0.315 e. The molecule has 1 aliphatic rings. The highest BCUT2D eigenvalue weighted by Crippen LogP contribution is 2.18. The molecule has 1 fully saturated rings. The molecule has 2 amide bonds. The Morgan fingerprint density at radius 1 is 1.15 bits per heavy atom. The largest absolute Gasteiger partial charge is 0.369 e. The van der Waals surface area contributed by atoms with Gasteiger partial charge in [-0.05, 0) is 37.5 Å². The predicted molar refractivity (Wildman–Crippen MR) is 110 cm³/mol. The fourth-order valence-corrected chi connectivity index (χ4v) is 4.54. The predicted octanol–water partition coefficient (Wildman–Crippen LogP) is 1.93. The van der Waals surface area contributed by atoms with Crippen molar-refractivity contribution in [1.82, 2.24) is 14.9 Å². The number of rotatable bonds is 8. The molecular weight excluding hydrogens is 364 g/mol. The van der Waals surface area contributed by atoms with Crippen LogP contribution in [0.4, 0.5) is 10.5 Å². The van der Waals surface area contributed by atoms with Crippen molar-refractivity contribution < 1.29 is 13.2 Å². The molecular formula is C19H32N4O3S. The van der Waals surface area contributed by atoms with Gasteiger partial charge in [-0.15, -0.1) is 0 Å². The number of anilines is 1. The van der Waals surface area contributed by atoms with Crippen LogP contribution in [0, 0.1) is 6.92 Å². The Kier molecular flexibility index (Phi) is 7.91. The molecule has 0 radical (unpaired) electrons. The summed E-state index contributed by atoms with van der Waals surface area (Å²) >= 11 is 0. The Morgan fingerprint density at radius 2 is 1.81 bits per heavy atom. The molecule has 0 aromatic heterocycles. The van der Waals surface area contributed by atoms with Crippen molar-refractivity contribution >= 4 is 21.7 Å². The number of carbonyl (C=O) groups is 1. The molecule has 0 unspecified atom stereocenters. The standard InChI is InChI=1S/C19H32N4O3S/c1-4-17(5-2)21-19(24)20-9-14-27(25,26)23-12-10-22(11-13-23)18-8-6-7-16(3)15-18/h6-8,15,17H,4-5,9-14H2,1-3H3,(H2,20,21,24). The highest BCUT2D eigenvalue weighted by molar-refractivity contribution is 7.89. The first-order valence-electron chi connectivity index (χ1n) is 9.69. The zero-order valence-corrected chi connectivity index (χ0v) is 17.4. The molecule has 152 valence electrons. The summed E-state index contributed by atoms with van der Waals surface area (Å²) in [7, 11) is -3.37. The third-order valence-electron chi connectivity index (χ3n) is 4.97. The summed E-state index contributed by atoms with van der Waals surface area (Å²) in [6.07, 6.45) is 1.71. The number of aryl methyl sites for hydroxylation is 1. The lowest BCUT2D eigenvalue weighted by Gasteiger charge is -2.35. The third kappa shape index (κ3) is 6.39. The number of urea groups is 1. The number of sulfonamides is 1. The van der Waals surface area contributed by atoms with E-state index < -0.39 is 10.0 Å². The number of hydrogen-bond donors (Lipinski definition) is 2. The summed E-state index contributed by atoms with van der Waals surface area (Å²) < 4.78 is 26.6. The Morgan fingerprint density at radius 3 is 2.41 bits per heavy atom. The van der Waals surface area contributed by atoms with Gasteiger partial charge in [0.05, 0.1) is 5.75 Å². The topological polar surface area (TPSA) is 81.8 Å². The number of benzene rings is 1. The van der Waals surface area contributed by atoms with E-state index in [4.69, 9.17) is 0 Å². The summed E-state index contributed by atoms with van der Waals surface area (Å²) in [6, 6.07) is 8.06. The van der Waals surface area contributed by atoms with Gasteiger partial charge < -0.3 is 15.5 Å². The van der Waals surface area contributed by atoms with Crippen molar-refractivity contribution in [3.63, 3.8) is 0 Å². The lowest BCUT2D eigenvalue weighted by molar-refractivity contribution is 0.236. The second-order valence-corrected chi connectivity index (χ2v) is 9.04. The van der Waals surface area contributed by atoms with Crippen molar-refractivity contribution in [3.05, 3.63) is 29.8 Å². The zero-order chi connectivity index (χ0) is 19.9. The molecule has 8 heteroatoms. The molecule has 1 aromatic rings. The van der Waals surface area contributed by atoms with Gasteiger partial charge in [0.1, 0.15) is 0 Å². The van der Waals surface area contributed by atoms with Crippen molar-refractivity contribution in [2.75, 3.05) is 43.4 Å². The number of carbonyl (C=O) groups excluding carboxylic acids is 1. The minimum atomic E-state index is -3.37. The summed E-state index contributed by atoms with van der Waals surface area (Å²) in [5.41, 5.74) is 2.33. The second-order valence-electron chi connectivity index (χ2n) is 6.95. The monoisotopic (exact) mass is 396 g/mol. The molecule has 1 saturated heterocycles. The van der Waals surface area contributed by atoms with Crippen molar-refractivity contribution in [2.45, 2.75) is 39.7 Å². The van der Waals surface area contributed by atoms with E-state index in [9.17, 15) is 13.2 Å². The summed E-state index contributed by atoms with van der Waals surface area (Å²) in [6.45, 7) is 8.47. The van der Waals surface area contributed by atoms with E-state index in [2.05, 4.69) is 40.7 Å². The van der Waals surface area contributed by atoms with Crippen LogP contribution >= 0.6 is 0 Å². The number of hydrogen-bond acceptors (Lipinski definition) is 4. The van der Waals surface area contributed by atoms with Gasteiger partial charge in [0.25, 0.3) is 0 Å². The minimum absolute atomic E-state index is 0.0756. The summed E-state index contributed by atoms with van der Waals surface area (Å²) in [5, 5.41) is 5.50. The van der Waals surface area contributed by atoms with Crippen LogP contribution in [0.3, 0.4) is 0 Å². The molecule has 2 rings (SSSR count). The molecule has 27 heavy (non-hydrogen) atoms. The van der Waals surface area contributed by atoms with Crippen molar-refractivity contribution in [1.29, 1.82) is 0 Å². The van der Waals surface area contributed by atoms with Gasteiger partial charge in [-0.3, -0.25) is 0 Å². The molecule has 0 bridgehead atoms. The molecule has 7 nitrogen and oxygen atoms in total. The molecule has 0 aliphatic carbocycles. The van der Waals surface area contributed by atoms with Crippen LogP contribution in [-0.2, 0) is 10.0 Å². The Labute approximate surface area is 163 Å². The van der Waals surface area contributed by atoms with Crippen LogP contribution in [-0.4, -0.2) is 63.3 Å². The fourth-order valence-electron chi connectivity index (χ4n) is 3.20. The molecule has 1 heterocycles. The van der Waals surface area contributed by atoms with Gasteiger partial charge in [0.15, 0.2) is 0 Å². The van der Waals surface area contributed by atoms with E-state index in [0.29, 0.717) is 26.2 Å².